The minimum absolute atomic E-state index is 0.115. The van der Waals surface area contributed by atoms with Crippen LogP contribution in [0.1, 0.15) is 38.4 Å². The summed E-state index contributed by atoms with van der Waals surface area (Å²) < 4.78 is 1.89. The fourth-order valence-corrected chi connectivity index (χ4v) is 3.97. The molecule has 3 rings (SSSR count). The zero-order chi connectivity index (χ0) is 17.4. The lowest BCUT2D eigenvalue weighted by Gasteiger charge is -2.10. The van der Waals surface area contributed by atoms with Crippen LogP contribution in [0.2, 0.25) is 0 Å². The van der Waals surface area contributed by atoms with Crippen LogP contribution < -0.4 is 0 Å². The number of aromatic nitrogens is 4. The van der Waals surface area contributed by atoms with E-state index >= 15 is 0 Å². The first-order valence-corrected chi connectivity index (χ1v) is 8.78. The highest BCUT2D eigenvalue weighted by atomic mass is 32.2. The molecule has 0 fully saturated rings. The summed E-state index contributed by atoms with van der Waals surface area (Å²) in [5.74, 6) is 1.02. The second-order valence-corrected chi connectivity index (χ2v) is 7.08. The van der Waals surface area contributed by atoms with E-state index in [1.165, 1.54) is 17.3 Å². The largest absolute Gasteiger partial charge is 0.293 e. The third-order valence-electron chi connectivity index (χ3n) is 3.95. The highest BCUT2D eigenvalue weighted by Gasteiger charge is 2.16. The monoisotopic (exact) mass is 340 g/mol. The van der Waals surface area contributed by atoms with E-state index in [4.69, 9.17) is 0 Å². The van der Waals surface area contributed by atoms with Gasteiger partial charge in [-0.15, -0.1) is 10.2 Å². The Balaban J connectivity index is 1.85. The van der Waals surface area contributed by atoms with Gasteiger partial charge in [-0.2, -0.15) is 0 Å². The van der Waals surface area contributed by atoms with Gasteiger partial charge >= 0.3 is 0 Å². The van der Waals surface area contributed by atoms with E-state index < -0.39 is 0 Å². The van der Waals surface area contributed by atoms with Gasteiger partial charge in [-0.05, 0) is 51.8 Å². The quantitative estimate of drug-likeness (QED) is 0.536. The van der Waals surface area contributed by atoms with Gasteiger partial charge in [0.15, 0.2) is 10.9 Å². The molecule has 2 aromatic heterocycles. The van der Waals surface area contributed by atoms with Gasteiger partial charge < -0.3 is 0 Å². The van der Waals surface area contributed by atoms with Gasteiger partial charge in [0.2, 0.25) is 0 Å². The van der Waals surface area contributed by atoms with Crippen molar-refractivity contribution in [1.82, 2.24) is 19.6 Å². The molecular formula is C18H20N4OS. The Labute approximate surface area is 145 Å². The summed E-state index contributed by atoms with van der Waals surface area (Å²) in [4.78, 5) is 17.0. The smallest absolute Gasteiger partial charge is 0.256 e. The number of rotatable bonds is 4. The van der Waals surface area contributed by atoms with Crippen LogP contribution in [0.15, 0.2) is 23.4 Å². The van der Waals surface area contributed by atoms with Crippen molar-refractivity contribution in [3.8, 4) is 0 Å². The van der Waals surface area contributed by atoms with Crippen molar-refractivity contribution in [3.05, 3.63) is 51.8 Å². The van der Waals surface area contributed by atoms with Crippen molar-refractivity contribution >= 4 is 23.3 Å². The molecule has 0 atom stereocenters. The number of Topliss-reactive ketones (excluding diaryl/α,β-unsaturated/α-hetero) is 1. The average Bonchev–Trinajstić information content (AvgIpc) is 2.87. The third-order valence-corrected chi connectivity index (χ3v) is 4.88. The fraction of sp³-hybridized carbons (Fsp3) is 0.333. The number of benzene rings is 1. The molecule has 3 aromatic rings. The molecule has 0 aliphatic rings. The molecule has 6 heteroatoms. The van der Waals surface area contributed by atoms with Crippen molar-refractivity contribution in [2.75, 3.05) is 5.75 Å². The van der Waals surface area contributed by atoms with Crippen LogP contribution in [-0.2, 0) is 0 Å². The molecule has 0 saturated carbocycles. The molecule has 124 valence electrons. The van der Waals surface area contributed by atoms with Gasteiger partial charge in [0.1, 0.15) is 0 Å². The molecule has 24 heavy (non-hydrogen) atoms. The number of carbonyl (C=O) groups is 1. The Hall–Kier alpha value is -2.21. The number of hydrogen-bond acceptors (Lipinski definition) is 5. The molecule has 0 radical (unpaired) electrons. The van der Waals surface area contributed by atoms with E-state index in [9.17, 15) is 4.79 Å². The minimum Gasteiger partial charge on any atom is -0.293 e. The van der Waals surface area contributed by atoms with Crippen LogP contribution in [0.4, 0.5) is 0 Å². The van der Waals surface area contributed by atoms with Gasteiger partial charge in [-0.1, -0.05) is 29.5 Å². The fourth-order valence-electron chi connectivity index (χ4n) is 3.12. The van der Waals surface area contributed by atoms with Gasteiger partial charge in [-0.3, -0.25) is 9.20 Å². The maximum atomic E-state index is 12.7. The predicted octanol–water partition coefficient (Wildman–Crippen LogP) is 3.64. The second-order valence-electron chi connectivity index (χ2n) is 6.14. The molecule has 0 saturated heterocycles. The Morgan fingerprint density at radius 2 is 1.71 bits per heavy atom. The van der Waals surface area contributed by atoms with E-state index in [2.05, 4.69) is 15.2 Å². The van der Waals surface area contributed by atoms with Crippen LogP contribution >= 0.6 is 11.8 Å². The van der Waals surface area contributed by atoms with Crippen LogP contribution in [0.5, 0.6) is 0 Å². The molecule has 0 aliphatic heterocycles. The molecule has 2 heterocycles. The Morgan fingerprint density at radius 1 is 1.04 bits per heavy atom. The topological polar surface area (TPSA) is 60.2 Å². The lowest BCUT2D eigenvalue weighted by Crippen LogP contribution is -2.08. The van der Waals surface area contributed by atoms with Crippen molar-refractivity contribution < 1.29 is 4.79 Å². The maximum Gasteiger partial charge on any atom is 0.256 e. The van der Waals surface area contributed by atoms with Gasteiger partial charge in [-0.25, -0.2) is 4.98 Å². The summed E-state index contributed by atoms with van der Waals surface area (Å²) in [6, 6.07) is 6.08. The lowest BCUT2D eigenvalue weighted by atomic mass is 9.97. The predicted molar refractivity (Wildman–Crippen MR) is 96.0 cm³/mol. The summed E-state index contributed by atoms with van der Waals surface area (Å²) in [5.41, 5.74) is 5.96. The van der Waals surface area contributed by atoms with Crippen LogP contribution in [0, 0.1) is 34.6 Å². The van der Waals surface area contributed by atoms with Crippen LogP contribution in [0.3, 0.4) is 0 Å². The maximum absolute atomic E-state index is 12.7. The van der Waals surface area contributed by atoms with Crippen molar-refractivity contribution in [2.45, 2.75) is 39.8 Å². The summed E-state index contributed by atoms with van der Waals surface area (Å²) in [6.45, 7) is 9.94. The zero-order valence-electron chi connectivity index (χ0n) is 14.5. The highest BCUT2D eigenvalue weighted by Crippen LogP contribution is 2.23. The third kappa shape index (κ3) is 3.06. The van der Waals surface area contributed by atoms with Crippen LogP contribution in [-0.4, -0.2) is 31.1 Å². The standard InChI is InChI=1S/C18H20N4OS/c1-10-6-11(2)16(12(3)7-10)15(23)9-24-18-21-20-17-19-13(4)8-14(5)22(17)18/h6-8H,9H2,1-5H3. The Morgan fingerprint density at radius 3 is 2.38 bits per heavy atom. The molecule has 0 N–H and O–H groups in total. The van der Waals surface area contributed by atoms with E-state index in [0.717, 1.165) is 28.1 Å². The molecule has 0 bridgehead atoms. The molecule has 1 aromatic carbocycles. The van der Waals surface area contributed by atoms with Gasteiger partial charge in [0.25, 0.3) is 5.78 Å². The van der Waals surface area contributed by atoms with Crippen LogP contribution in [0.25, 0.3) is 5.78 Å². The van der Waals surface area contributed by atoms with E-state index in [-0.39, 0.29) is 5.78 Å². The van der Waals surface area contributed by atoms with E-state index in [1.54, 1.807) is 0 Å². The number of carbonyl (C=O) groups excluding carboxylic acids is 1. The summed E-state index contributed by atoms with van der Waals surface area (Å²) in [6.07, 6.45) is 0. The summed E-state index contributed by atoms with van der Waals surface area (Å²) in [7, 11) is 0. The SMILES string of the molecule is Cc1cc(C)c(C(=O)CSc2nnc3nc(C)cc(C)n23)c(C)c1. The number of hydrogen-bond donors (Lipinski definition) is 0. The van der Waals surface area contributed by atoms with E-state index in [0.29, 0.717) is 16.7 Å². The van der Waals surface area contributed by atoms with Gasteiger partial charge in [0.05, 0.1) is 5.75 Å². The van der Waals surface area contributed by atoms with Crippen molar-refractivity contribution in [1.29, 1.82) is 0 Å². The molecule has 0 spiro atoms. The summed E-state index contributed by atoms with van der Waals surface area (Å²) in [5, 5.41) is 8.99. The molecular weight excluding hydrogens is 320 g/mol. The zero-order valence-corrected chi connectivity index (χ0v) is 15.4. The van der Waals surface area contributed by atoms with Crippen molar-refractivity contribution in [3.63, 3.8) is 0 Å². The normalized spacial score (nSPS) is 11.2. The number of fused-ring (bicyclic) bond motifs is 1. The van der Waals surface area contributed by atoms with Crippen molar-refractivity contribution in [2.24, 2.45) is 0 Å². The van der Waals surface area contributed by atoms with E-state index in [1.807, 2.05) is 57.2 Å². The summed E-state index contributed by atoms with van der Waals surface area (Å²) >= 11 is 1.40. The molecule has 0 aliphatic carbocycles. The average molecular weight is 340 g/mol. The van der Waals surface area contributed by atoms with Gasteiger partial charge in [0, 0.05) is 17.0 Å². The number of thioether (sulfide) groups is 1. The minimum atomic E-state index is 0.115. The Bertz CT molecular complexity index is 923. The first kappa shape index (κ1) is 16.6. The second kappa shape index (κ2) is 6.36. The lowest BCUT2D eigenvalue weighted by molar-refractivity contribution is 0.102. The first-order valence-electron chi connectivity index (χ1n) is 7.80. The Kier molecular flexibility index (Phi) is 4.41. The number of ketones is 1. The first-order chi connectivity index (χ1) is 11.4. The molecule has 5 nitrogen and oxygen atoms in total. The number of aryl methyl sites for hydroxylation is 5. The highest BCUT2D eigenvalue weighted by molar-refractivity contribution is 7.99. The molecule has 0 amide bonds. The number of nitrogens with zero attached hydrogens (tertiary/aromatic N) is 4. The molecule has 0 unspecified atom stereocenters.